The molecule has 112 valence electrons. The lowest BCUT2D eigenvalue weighted by atomic mass is 10.1. The largest absolute Gasteiger partial charge is 0.483 e. The molecule has 0 saturated heterocycles. The van der Waals surface area contributed by atoms with Crippen LogP contribution in [0.2, 0.25) is 0 Å². The molecule has 1 N–H and O–H groups in total. The number of benzene rings is 1. The molecule has 0 fully saturated rings. The number of amides is 1. The first-order valence-corrected chi connectivity index (χ1v) is 7.64. The van der Waals surface area contributed by atoms with E-state index >= 15 is 0 Å². The minimum absolute atomic E-state index is 0.0355. The summed E-state index contributed by atoms with van der Waals surface area (Å²) in [6.07, 6.45) is 0.811. The highest BCUT2D eigenvalue weighted by atomic mass is 32.1. The van der Waals surface area contributed by atoms with Gasteiger partial charge in [0.15, 0.2) is 6.61 Å². The van der Waals surface area contributed by atoms with Crippen LogP contribution in [0.5, 0.6) is 5.75 Å². The van der Waals surface area contributed by atoms with Crippen LogP contribution in [0.3, 0.4) is 0 Å². The normalized spacial score (nSPS) is 10.5. The van der Waals surface area contributed by atoms with Gasteiger partial charge in [-0.25, -0.2) is 0 Å². The van der Waals surface area contributed by atoms with E-state index in [4.69, 9.17) is 4.74 Å². The summed E-state index contributed by atoms with van der Waals surface area (Å²) in [5, 5.41) is 12.0. The zero-order valence-electron chi connectivity index (χ0n) is 12.7. The van der Waals surface area contributed by atoms with E-state index < -0.39 is 0 Å². The SMILES string of the molecule is CCc1nnc(NC(=O)COc2c(C)ccc(C)c2C)s1. The molecule has 0 aliphatic heterocycles. The van der Waals surface area contributed by atoms with Crippen molar-refractivity contribution in [3.63, 3.8) is 0 Å². The molecule has 0 atom stereocenters. The number of aryl methyl sites for hydroxylation is 3. The van der Waals surface area contributed by atoms with E-state index in [1.165, 1.54) is 11.3 Å². The Morgan fingerprint density at radius 3 is 2.62 bits per heavy atom. The Bertz CT molecular complexity index is 652. The summed E-state index contributed by atoms with van der Waals surface area (Å²) >= 11 is 1.38. The minimum atomic E-state index is -0.228. The topological polar surface area (TPSA) is 64.1 Å². The number of hydrogen-bond acceptors (Lipinski definition) is 5. The van der Waals surface area contributed by atoms with E-state index in [1.807, 2.05) is 39.8 Å². The van der Waals surface area contributed by atoms with Gasteiger partial charge in [0, 0.05) is 0 Å². The second kappa shape index (κ2) is 6.67. The van der Waals surface area contributed by atoms with Crippen molar-refractivity contribution < 1.29 is 9.53 Å². The number of anilines is 1. The molecular formula is C15H19N3O2S. The first kappa shape index (κ1) is 15.4. The Morgan fingerprint density at radius 2 is 1.95 bits per heavy atom. The number of ether oxygens (including phenoxy) is 1. The summed E-state index contributed by atoms with van der Waals surface area (Å²) in [5.74, 6) is 0.547. The molecule has 0 bridgehead atoms. The molecule has 0 radical (unpaired) electrons. The molecule has 2 aromatic rings. The molecular weight excluding hydrogens is 286 g/mol. The van der Waals surface area contributed by atoms with E-state index in [-0.39, 0.29) is 12.5 Å². The molecule has 21 heavy (non-hydrogen) atoms. The summed E-state index contributed by atoms with van der Waals surface area (Å²) in [6.45, 7) is 7.95. The number of rotatable bonds is 5. The van der Waals surface area contributed by atoms with Gasteiger partial charge in [-0.3, -0.25) is 10.1 Å². The first-order chi connectivity index (χ1) is 10.0. The van der Waals surface area contributed by atoms with Crippen LogP contribution in [-0.2, 0) is 11.2 Å². The molecule has 0 saturated carbocycles. The molecule has 1 aromatic carbocycles. The molecule has 2 rings (SSSR count). The molecule has 0 spiro atoms. The van der Waals surface area contributed by atoms with Crippen LogP contribution in [-0.4, -0.2) is 22.7 Å². The van der Waals surface area contributed by atoms with Crippen LogP contribution in [0.1, 0.15) is 28.6 Å². The molecule has 1 aromatic heterocycles. The van der Waals surface area contributed by atoms with Crippen molar-refractivity contribution in [2.45, 2.75) is 34.1 Å². The van der Waals surface area contributed by atoms with Crippen LogP contribution in [0.25, 0.3) is 0 Å². The number of nitrogens with zero attached hydrogens (tertiary/aromatic N) is 2. The molecule has 1 amide bonds. The molecule has 6 heteroatoms. The lowest BCUT2D eigenvalue weighted by molar-refractivity contribution is -0.118. The standard InChI is InChI=1S/C15H19N3O2S/c1-5-13-17-18-15(21-13)16-12(19)8-20-14-10(3)7-6-9(2)11(14)4/h6-7H,5,8H2,1-4H3,(H,16,18,19). The van der Waals surface area contributed by atoms with Gasteiger partial charge in [-0.05, 0) is 43.9 Å². The lowest BCUT2D eigenvalue weighted by Gasteiger charge is -2.13. The van der Waals surface area contributed by atoms with Gasteiger partial charge in [-0.15, -0.1) is 10.2 Å². The fourth-order valence-electron chi connectivity index (χ4n) is 1.89. The van der Waals surface area contributed by atoms with E-state index in [9.17, 15) is 4.79 Å². The molecule has 0 unspecified atom stereocenters. The Morgan fingerprint density at radius 1 is 1.24 bits per heavy atom. The van der Waals surface area contributed by atoms with Gasteiger partial charge in [0.05, 0.1) is 0 Å². The maximum absolute atomic E-state index is 11.9. The van der Waals surface area contributed by atoms with E-state index in [2.05, 4.69) is 15.5 Å². The predicted molar refractivity (Wildman–Crippen MR) is 84.1 cm³/mol. The number of aromatic nitrogens is 2. The second-order valence-electron chi connectivity index (χ2n) is 4.84. The van der Waals surface area contributed by atoms with E-state index in [0.29, 0.717) is 5.13 Å². The highest BCUT2D eigenvalue weighted by molar-refractivity contribution is 7.15. The van der Waals surface area contributed by atoms with Crippen molar-refractivity contribution in [2.24, 2.45) is 0 Å². The third-order valence-corrected chi connectivity index (χ3v) is 4.22. The lowest BCUT2D eigenvalue weighted by Crippen LogP contribution is -2.20. The van der Waals surface area contributed by atoms with Crippen LogP contribution in [0.15, 0.2) is 12.1 Å². The molecule has 0 aliphatic carbocycles. The highest BCUT2D eigenvalue weighted by Gasteiger charge is 2.11. The Kier molecular flexibility index (Phi) is 4.90. The summed E-state index contributed by atoms with van der Waals surface area (Å²) in [6, 6.07) is 4.04. The highest BCUT2D eigenvalue weighted by Crippen LogP contribution is 2.25. The zero-order chi connectivity index (χ0) is 15.4. The summed E-state index contributed by atoms with van der Waals surface area (Å²) < 4.78 is 5.66. The third-order valence-electron chi connectivity index (χ3n) is 3.24. The average molecular weight is 305 g/mol. The van der Waals surface area contributed by atoms with Gasteiger partial charge in [-0.2, -0.15) is 0 Å². The van der Waals surface area contributed by atoms with Crippen molar-refractivity contribution in [3.8, 4) is 5.75 Å². The number of nitrogens with one attached hydrogen (secondary N) is 1. The van der Waals surface area contributed by atoms with Gasteiger partial charge in [0.25, 0.3) is 5.91 Å². The molecule has 0 aliphatic rings. The van der Waals surface area contributed by atoms with Gasteiger partial charge in [-0.1, -0.05) is 30.4 Å². The van der Waals surface area contributed by atoms with Crippen molar-refractivity contribution in [1.29, 1.82) is 0 Å². The second-order valence-corrected chi connectivity index (χ2v) is 5.91. The third kappa shape index (κ3) is 3.78. The average Bonchev–Trinajstić information content (AvgIpc) is 2.90. The Balaban J connectivity index is 1.97. The maximum atomic E-state index is 11.9. The smallest absolute Gasteiger partial charge is 0.264 e. The Hall–Kier alpha value is -1.95. The summed E-state index contributed by atoms with van der Waals surface area (Å²) in [4.78, 5) is 11.9. The van der Waals surface area contributed by atoms with Gasteiger partial charge >= 0.3 is 0 Å². The van der Waals surface area contributed by atoms with Gasteiger partial charge in [0.1, 0.15) is 10.8 Å². The van der Waals surface area contributed by atoms with Crippen LogP contribution < -0.4 is 10.1 Å². The van der Waals surface area contributed by atoms with Crippen molar-refractivity contribution in [2.75, 3.05) is 11.9 Å². The number of hydrogen-bond donors (Lipinski definition) is 1. The van der Waals surface area contributed by atoms with Crippen molar-refractivity contribution in [1.82, 2.24) is 10.2 Å². The predicted octanol–water partition coefficient (Wildman–Crippen LogP) is 3.04. The van der Waals surface area contributed by atoms with E-state index in [0.717, 1.165) is 33.9 Å². The first-order valence-electron chi connectivity index (χ1n) is 6.83. The Labute approximate surface area is 128 Å². The van der Waals surface area contributed by atoms with Crippen LogP contribution in [0.4, 0.5) is 5.13 Å². The number of carbonyl (C=O) groups excluding carboxylic acids is 1. The minimum Gasteiger partial charge on any atom is -0.483 e. The van der Waals surface area contributed by atoms with Crippen molar-refractivity contribution >= 4 is 22.4 Å². The molecule has 5 nitrogen and oxygen atoms in total. The quantitative estimate of drug-likeness (QED) is 0.922. The van der Waals surface area contributed by atoms with Gasteiger partial charge < -0.3 is 4.74 Å². The monoisotopic (exact) mass is 305 g/mol. The molecule has 1 heterocycles. The zero-order valence-corrected chi connectivity index (χ0v) is 13.5. The summed E-state index contributed by atoms with van der Waals surface area (Å²) in [7, 11) is 0. The number of carbonyl (C=O) groups is 1. The van der Waals surface area contributed by atoms with Crippen LogP contribution >= 0.6 is 11.3 Å². The fourth-order valence-corrected chi connectivity index (χ4v) is 2.58. The van der Waals surface area contributed by atoms with Crippen molar-refractivity contribution in [3.05, 3.63) is 33.8 Å². The van der Waals surface area contributed by atoms with E-state index in [1.54, 1.807) is 0 Å². The van der Waals surface area contributed by atoms with Crippen LogP contribution in [0, 0.1) is 20.8 Å². The maximum Gasteiger partial charge on any atom is 0.264 e. The fraction of sp³-hybridized carbons (Fsp3) is 0.400. The summed E-state index contributed by atoms with van der Waals surface area (Å²) in [5.41, 5.74) is 3.23. The van der Waals surface area contributed by atoms with Gasteiger partial charge in [0.2, 0.25) is 5.13 Å².